The van der Waals surface area contributed by atoms with Crippen molar-refractivity contribution in [3.05, 3.63) is 35.7 Å². The standard InChI is InChI=1S/C20H23N5O/c21-20(22)25-13-3-6-17(25)19-23-18(24-26-19)16-11-9-15(10-12-16)8-7-14-4-1-2-5-14/h9-12,14,17H,1-6,13H2,(H3,21,22)/t17-/m0/s1. The van der Waals surface area contributed by atoms with Crippen LogP contribution in [0.5, 0.6) is 0 Å². The molecule has 1 aromatic heterocycles. The second kappa shape index (κ2) is 7.20. The highest BCUT2D eigenvalue weighted by Crippen LogP contribution is 2.31. The third-order valence-corrected chi connectivity index (χ3v) is 5.21. The molecule has 2 aromatic rings. The Labute approximate surface area is 153 Å². The van der Waals surface area contributed by atoms with Crippen LogP contribution in [-0.2, 0) is 0 Å². The van der Waals surface area contributed by atoms with Crippen molar-refractivity contribution >= 4 is 5.96 Å². The van der Waals surface area contributed by atoms with E-state index in [1.54, 1.807) is 4.90 Å². The predicted octanol–water partition coefficient (Wildman–Crippen LogP) is 3.31. The van der Waals surface area contributed by atoms with Gasteiger partial charge in [-0.15, -0.1) is 0 Å². The minimum atomic E-state index is -0.0923. The molecule has 4 rings (SSSR count). The molecular formula is C20H23N5O. The quantitative estimate of drug-likeness (QED) is 0.493. The maximum absolute atomic E-state index is 7.67. The molecule has 26 heavy (non-hydrogen) atoms. The first-order valence-electron chi connectivity index (χ1n) is 9.27. The van der Waals surface area contributed by atoms with Gasteiger partial charge in [0.05, 0.1) is 0 Å². The van der Waals surface area contributed by atoms with Gasteiger partial charge in [-0.2, -0.15) is 4.98 Å². The van der Waals surface area contributed by atoms with Crippen molar-refractivity contribution in [3.63, 3.8) is 0 Å². The Morgan fingerprint density at radius 2 is 1.92 bits per heavy atom. The van der Waals surface area contributed by atoms with Crippen LogP contribution in [0.15, 0.2) is 28.8 Å². The summed E-state index contributed by atoms with van der Waals surface area (Å²) >= 11 is 0. The summed E-state index contributed by atoms with van der Waals surface area (Å²) in [6.45, 7) is 0.756. The summed E-state index contributed by atoms with van der Waals surface area (Å²) in [5.41, 5.74) is 7.56. The van der Waals surface area contributed by atoms with Gasteiger partial charge in [0.25, 0.3) is 0 Å². The van der Waals surface area contributed by atoms with E-state index in [2.05, 4.69) is 22.0 Å². The first-order valence-corrected chi connectivity index (χ1v) is 9.27. The van der Waals surface area contributed by atoms with E-state index < -0.39 is 0 Å². The van der Waals surface area contributed by atoms with E-state index in [0.29, 0.717) is 17.6 Å². The maximum Gasteiger partial charge on any atom is 0.249 e. The maximum atomic E-state index is 7.67. The Balaban J connectivity index is 1.48. The average Bonchev–Trinajstić information content (AvgIpc) is 3.41. The molecule has 3 N–H and O–H groups in total. The van der Waals surface area contributed by atoms with Crippen molar-refractivity contribution in [3.8, 4) is 23.2 Å². The molecule has 6 heteroatoms. The van der Waals surface area contributed by atoms with Gasteiger partial charge in [0.2, 0.25) is 11.7 Å². The first-order chi connectivity index (χ1) is 12.7. The number of likely N-dealkylation sites (tertiary alicyclic amines) is 1. The molecule has 2 fully saturated rings. The summed E-state index contributed by atoms with van der Waals surface area (Å²) in [4.78, 5) is 6.33. The topological polar surface area (TPSA) is 92.0 Å². The Morgan fingerprint density at radius 3 is 2.65 bits per heavy atom. The molecule has 0 bridgehead atoms. The van der Waals surface area contributed by atoms with Crippen LogP contribution in [0.4, 0.5) is 0 Å². The molecule has 1 saturated heterocycles. The van der Waals surface area contributed by atoms with E-state index in [4.69, 9.17) is 15.7 Å². The molecule has 134 valence electrons. The minimum Gasteiger partial charge on any atom is -0.370 e. The lowest BCUT2D eigenvalue weighted by atomic mass is 10.1. The lowest BCUT2D eigenvalue weighted by Crippen LogP contribution is -2.35. The van der Waals surface area contributed by atoms with Gasteiger partial charge in [-0.05, 0) is 49.9 Å². The van der Waals surface area contributed by atoms with Crippen LogP contribution in [0.3, 0.4) is 0 Å². The number of guanidine groups is 1. The summed E-state index contributed by atoms with van der Waals surface area (Å²) in [7, 11) is 0. The van der Waals surface area contributed by atoms with Crippen LogP contribution in [-0.4, -0.2) is 27.5 Å². The van der Waals surface area contributed by atoms with Gasteiger partial charge < -0.3 is 15.2 Å². The molecule has 0 spiro atoms. The van der Waals surface area contributed by atoms with Gasteiger partial charge in [0, 0.05) is 23.6 Å². The minimum absolute atomic E-state index is 0.0532. The second-order valence-corrected chi connectivity index (χ2v) is 7.02. The van der Waals surface area contributed by atoms with E-state index >= 15 is 0 Å². The van der Waals surface area contributed by atoms with Gasteiger partial charge in [-0.1, -0.05) is 29.8 Å². The molecule has 2 heterocycles. The number of rotatable bonds is 2. The van der Waals surface area contributed by atoms with Crippen molar-refractivity contribution in [1.82, 2.24) is 15.0 Å². The van der Waals surface area contributed by atoms with E-state index in [1.807, 2.05) is 24.3 Å². The highest BCUT2D eigenvalue weighted by atomic mass is 16.5. The third-order valence-electron chi connectivity index (χ3n) is 5.21. The highest BCUT2D eigenvalue weighted by Gasteiger charge is 2.31. The van der Waals surface area contributed by atoms with Crippen LogP contribution >= 0.6 is 0 Å². The third kappa shape index (κ3) is 3.43. The molecule has 0 unspecified atom stereocenters. The fraction of sp³-hybridized carbons (Fsp3) is 0.450. The van der Waals surface area contributed by atoms with Crippen LogP contribution in [0.1, 0.15) is 56.0 Å². The van der Waals surface area contributed by atoms with Crippen molar-refractivity contribution in [2.45, 2.75) is 44.6 Å². The molecule has 0 amide bonds. The zero-order valence-electron chi connectivity index (χ0n) is 14.7. The lowest BCUT2D eigenvalue weighted by Gasteiger charge is -2.21. The molecule has 1 aliphatic carbocycles. The van der Waals surface area contributed by atoms with Crippen LogP contribution in [0, 0.1) is 23.2 Å². The smallest absolute Gasteiger partial charge is 0.249 e. The van der Waals surface area contributed by atoms with Crippen molar-refractivity contribution in [2.75, 3.05) is 6.54 Å². The van der Waals surface area contributed by atoms with Gasteiger partial charge in [-0.3, -0.25) is 5.41 Å². The monoisotopic (exact) mass is 349 g/mol. The van der Waals surface area contributed by atoms with E-state index in [0.717, 1.165) is 30.5 Å². The van der Waals surface area contributed by atoms with E-state index in [1.165, 1.54) is 25.7 Å². The fourth-order valence-electron chi connectivity index (χ4n) is 3.76. The molecule has 1 aromatic carbocycles. The first kappa shape index (κ1) is 16.6. The number of nitrogens with one attached hydrogen (secondary N) is 1. The lowest BCUT2D eigenvalue weighted by molar-refractivity contribution is 0.283. The number of aromatic nitrogens is 2. The molecule has 1 saturated carbocycles. The summed E-state index contributed by atoms with van der Waals surface area (Å²) in [6.07, 6.45) is 6.92. The normalized spacial score (nSPS) is 20.2. The fourth-order valence-corrected chi connectivity index (χ4v) is 3.76. The Hall–Kier alpha value is -2.81. The Kier molecular flexibility index (Phi) is 4.61. The summed E-state index contributed by atoms with van der Waals surface area (Å²) in [6, 6.07) is 7.87. The summed E-state index contributed by atoms with van der Waals surface area (Å²) < 4.78 is 5.45. The van der Waals surface area contributed by atoms with Gasteiger partial charge >= 0.3 is 0 Å². The molecular weight excluding hydrogens is 326 g/mol. The average molecular weight is 349 g/mol. The van der Waals surface area contributed by atoms with E-state index in [-0.39, 0.29) is 12.0 Å². The van der Waals surface area contributed by atoms with Gasteiger partial charge in [0.1, 0.15) is 6.04 Å². The summed E-state index contributed by atoms with van der Waals surface area (Å²) in [5, 5.41) is 11.8. The molecule has 1 atom stereocenters. The van der Waals surface area contributed by atoms with Crippen LogP contribution in [0.2, 0.25) is 0 Å². The van der Waals surface area contributed by atoms with Crippen molar-refractivity contribution in [2.24, 2.45) is 11.7 Å². The SMILES string of the molecule is N=C(N)N1CCC[C@H]1c1nc(-c2ccc(C#CC3CCCC3)cc2)no1. The van der Waals surface area contributed by atoms with E-state index in [9.17, 15) is 0 Å². The highest BCUT2D eigenvalue weighted by molar-refractivity contribution is 5.75. The second-order valence-electron chi connectivity index (χ2n) is 7.02. The molecule has 0 radical (unpaired) electrons. The van der Waals surface area contributed by atoms with Gasteiger partial charge in [-0.25, -0.2) is 0 Å². The zero-order chi connectivity index (χ0) is 17.9. The van der Waals surface area contributed by atoms with Crippen LogP contribution < -0.4 is 5.73 Å². The van der Waals surface area contributed by atoms with Crippen molar-refractivity contribution < 1.29 is 4.52 Å². The number of nitrogens with zero attached hydrogens (tertiary/aromatic N) is 3. The number of nitrogens with two attached hydrogens (primary N) is 1. The van der Waals surface area contributed by atoms with Crippen molar-refractivity contribution in [1.29, 1.82) is 5.41 Å². The molecule has 6 nitrogen and oxygen atoms in total. The van der Waals surface area contributed by atoms with Crippen LogP contribution in [0.25, 0.3) is 11.4 Å². The molecule has 1 aliphatic heterocycles. The number of hydrogen-bond donors (Lipinski definition) is 2. The predicted molar refractivity (Wildman–Crippen MR) is 99.2 cm³/mol. The zero-order valence-corrected chi connectivity index (χ0v) is 14.7. The Morgan fingerprint density at radius 1 is 1.15 bits per heavy atom. The largest absolute Gasteiger partial charge is 0.370 e. The molecule has 2 aliphatic rings. The summed E-state index contributed by atoms with van der Waals surface area (Å²) in [5.74, 6) is 8.35. The Bertz CT molecular complexity index is 839. The number of hydrogen-bond acceptors (Lipinski definition) is 4. The van der Waals surface area contributed by atoms with Gasteiger partial charge in [0.15, 0.2) is 5.96 Å². The number of benzene rings is 1.